The minimum Gasteiger partial charge on any atom is -0.467 e. The van der Waals surface area contributed by atoms with E-state index in [9.17, 15) is 9.59 Å². The highest BCUT2D eigenvalue weighted by atomic mass is 16.5. The summed E-state index contributed by atoms with van der Waals surface area (Å²) in [4.78, 5) is 25.6. The van der Waals surface area contributed by atoms with Crippen LogP contribution in [-0.4, -0.2) is 44.3 Å². The van der Waals surface area contributed by atoms with Gasteiger partial charge in [-0.1, -0.05) is 63.8 Å². The zero-order valence-electron chi connectivity index (χ0n) is 16.1. The van der Waals surface area contributed by atoms with E-state index in [1.807, 2.05) is 13.8 Å². The molecule has 0 aromatic heterocycles. The number of carbonyl (C=O) groups is 2. The molecule has 0 bridgehead atoms. The van der Waals surface area contributed by atoms with Crippen LogP contribution in [0.1, 0.15) is 58.6 Å². The number of methoxy groups -OCH3 is 1. The van der Waals surface area contributed by atoms with Crippen molar-refractivity contribution < 1.29 is 14.3 Å². The molecule has 0 aliphatic carbocycles. The van der Waals surface area contributed by atoms with Crippen LogP contribution in [0.2, 0.25) is 0 Å². The fraction of sp³-hybridized carbons (Fsp3) is 0.579. The van der Waals surface area contributed by atoms with Crippen molar-refractivity contribution in [2.45, 2.75) is 59.0 Å². The summed E-state index contributed by atoms with van der Waals surface area (Å²) in [5, 5.41) is 0. The molecule has 1 heterocycles. The molecule has 0 saturated carbocycles. The molecule has 1 saturated heterocycles. The van der Waals surface area contributed by atoms with E-state index in [0.717, 1.165) is 6.42 Å². The molecule has 25 heavy (non-hydrogen) atoms. The molecule has 0 spiro atoms. The van der Waals surface area contributed by atoms with E-state index >= 15 is 0 Å². The van der Waals surface area contributed by atoms with Crippen molar-refractivity contribution in [3.05, 3.63) is 29.8 Å². The molecule has 2 atom stereocenters. The second-order valence-corrected chi connectivity index (χ2v) is 5.56. The Hall–Kier alpha value is -1.82. The Balaban J connectivity index is 0.00000104. The number of esters is 1. The van der Waals surface area contributed by atoms with Crippen molar-refractivity contribution in [3.63, 3.8) is 0 Å². The van der Waals surface area contributed by atoms with Crippen molar-refractivity contribution in [3.8, 4) is 0 Å². The van der Waals surface area contributed by atoms with Gasteiger partial charge in [-0.15, -0.1) is 0 Å². The number of ether oxygens (including phenoxy) is 1. The quantitative estimate of drug-likeness (QED) is 0.672. The molecule has 1 aromatic carbocycles. The number of hydrogen-bond donors (Lipinski definition) is 1. The molecule has 2 radical (unpaired) electrons. The number of amides is 1. The fourth-order valence-corrected chi connectivity index (χ4v) is 2.44. The van der Waals surface area contributed by atoms with Gasteiger partial charge in [0.15, 0.2) is 0 Å². The van der Waals surface area contributed by atoms with Gasteiger partial charge >= 0.3 is 5.97 Å². The van der Waals surface area contributed by atoms with E-state index in [1.165, 1.54) is 18.4 Å². The van der Waals surface area contributed by atoms with E-state index < -0.39 is 12.1 Å². The van der Waals surface area contributed by atoms with Gasteiger partial charge < -0.3 is 15.4 Å². The van der Waals surface area contributed by atoms with E-state index in [4.69, 9.17) is 18.3 Å². The van der Waals surface area contributed by atoms with Crippen LogP contribution in [-0.2, 0) is 14.3 Å². The Bertz CT molecular complexity index is 520. The van der Waals surface area contributed by atoms with Gasteiger partial charge in [0, 0.05) is 6.54 Å². The topological polar surface area (TPSA) is 72.6 Å². The molecule has 1 fully saturated rings. The Labute approximate surface area is 153 Å². The van der Waals surface area contributed by atoms with Crippen LogP contribution in [0.15, 0.2) is 24.3 Å². The summed E-state index contributed by atoms with van der Waals surface area (Å²) in [5.41, 5.74) is 7.28. The molecule has 2 unspecified atom stereocenters. The van der Waals surface area contributed by atoms with Gasteiger partial charge in [0.25, 0.3) is 0 Å². The largest absolute Gasteiger partial charge is 0.467 e. The first-order valence-electron chi connectivity index (χ1n) is 8.95. The van der Waals surface area contributed by atoms with Gasteiger partial charge in [-0.05, 0) is 18.4 Å². The second-order valence-electron chi connectivity index (χ2n) is 5.56. The first-order chi connectivity index (χ1) is 12.0. The lowest BCUT2D eigenvalue weighted by Crippen LogP contribution is -2.45. The van der Waals surface area contributed by atoms with Gasteiger partial charge in [-0.3, -0.25) is 4.79 Å². The lowest BCUT2D eigenvalue weighted by atomic mass is 9.93. The minimum atomic E-state index is -0.791. The third kappa shape index (κ3) is 6.90. The van der Waals surface area contributed by atoms with Gasteiger partial charge in [0.2, 0.25) is 5.91 Å². The van der Waals surface area contributed by atoms with E-state index in [0.29, 0.717) is 24.0 Å². The minimum absolute atomic E-state index is 0.261. The number of nitrogens with two attached hydrogens (primary N) is 1. The molecule has 1 aromatic rings. The van der Waals surface area contributed by atoms with Gasteiger partial charge in [-0.25, -0.2) is 4.79 Å². The summed E-state index contributed by atoms with van der Waals surface area (Å²) in [6.45, 7) is 8.78. The maximum absolute atomic E-state index is 12.4. The zero-order chi connectivity index (χ0) is 19.4. The zero-order valence-corrected chi connectivity index (χ0v) is 16.1. The van der Waals surface area contributed by atoms with E-state index in [-0.39, 0.29) is 11.9 Å². The van der Waals surface area contributed by atoms with Crippen LogP contribution in [0.5, 0.6) is 0 Å². The maximum Gasteiger partial charge on any atom is 0.328 e. The highest BCUT2D eigenvalue weighted by Crippen LogP contribution is 2.22. The van der Waals surface area contributed by atoms with Gasteiger partial charge in [-0.2, -0.15) is 0 Å². The monoisotopic (exact) mass is 346 g/mol. The third-order valence-corrected chi connectivity index (χ3v) is 3.57. The van der Waals surface area contributed by atoms with Crippen LogP contribution in [0.3, 0.4) is 0 Å². The number of carbonyl (C=O) groups excluding carboxylic acids is 2. The summed E-state index contributed by atoms with van der Waals surface area (Å²) < 4.78 is 4.73. The van der Waals surface area contributed by atoms with Crippen molar-refractivity contribution >= 4 is 25.2 Å². The van der Waals surface area contributed by atoms with Crippen LogP contribution in [0, 0.1) is 0 Å². The van der Waals surface area contributed by atoms with Gasteiger partial charge in [0.1, 0.15) is 19.9 Å². The molecule has 1 aliphatic heterocycles. The molecule has 138 valence electrons. The molecular formula is C19H31BN2O3. The highest BCUT2D eigenvalue weighted by molar-refractivity contribution is 6.32. The van der Waals surface area contributed by atoms with Crippen LogP contribution >= 0.6 is 0 Å². The molecular weight excluding hydrogens is 315 g/mol. The number of rotatable bonds is 3. The standard InChI is InChI=1S/C14H17BN2O3.C3H8.C2H6/c1-20-14(19)11-3-2-8-17(11)13(18)12(16)9-4-6-10(15)7-5-9;1-3-2;1-2/h4-7,11-12H,2-3,8,16H2,1H3;3H2,1-2H3;1-2H3. The first kappa shape index (κ1) is 23.2. The number of likely N-dealkylation sites (tertiary alicyclic amines) is 1. The average molecular weight is 346 g/mol. The predicted octanol–water partition coefficient (Wildman–Crippen LogP) is 2.09. The lowest BCUT2D eigenvalue weighted by Gasteiger charge is -2.25. The second kappa shape index (κ2) is 12.5. The maximum atomic E-state index is 12.4. The number of hydrogen-bond acceptors (Lipinski definition) is 4. The summed E-state index contributed by atoms with van der Waals surface area (Å²) in [7, 11) is 6.93. The smallest absolute Gasteiger partial charge is 0.328 e. The van der Waals surface area contributed by atoms with Gasteiger partial charge in [0.05, 0.1) is 7.11 Å². The molecule has 6 heteroatoms. The fourth-order valence-electron chi connectivity index (χ4n) is 2.44. The molecule has 2 N–H and O–H groups in total. The summed E-state index contributed by atoms with van der Waals surface area (Å²) >= 11 is 0. The Morgan fingerprint density at radius 3 is 2.28 bits per heavy atom. The average Bonchev–Trinajstić information content (AvgIpc) is 3.12. The molecule has 1 amide bonds. The third-order valence-electron chi connectivity index (χ3n) is 3.57. The summed E-state index contributed by atoms with van der Waals surface area (Å²) in [5.74, 6) is -0.650. The van der Waals surface area contributed by atoms with E-state index in [2.05, 4.69) is 13.8 Å². The van der Waals surface area contributed by atoms with Crippen LogP contribution in [0.4, 0.5) is 0 Å². The van der Waals surface area contributed by atoms with Crippen molar-refractivity contribution in [2.24, 2.45) is 5.73 Å². The van der Waals surface area contributed by atoms with E-state index in [1.54, 1.807) is 24.3 Å². The summed E-state index contributed by atoms with van der Waals surface area (Å²) in [6, 6.07) is 5.53. The van der Waals surface area contributed by atoms with Crippen molar-refractivity contribution in [1.82, 2.24) is 4.90 Å². The highest BCUT2D eigenvalue weighted by Gasteiger charge is 2.37. The van der Waals surface area contributed by atoms with Crippen LogP contribution in [0.25, 0.3) is 0 Å². The van der Waals surface area contributed by atoms with Crippen LogP contribution < -0.4 is 11.2 Å². The van der Waals surface area contributed by atoms with Crippen molar-refractivity contribution in [2.75, 3.05) is 13.7 Å². The Morgan fingerprint density at radius 2 is 1.80 bits per heavy atom. The first-order valence-corrected chi connectivity index (χ1v) is 8.95. The Kier molecular flexibility index (Phi) is 11.6. The number of benzene rings is 1. The molecule has 5 nitrogen and oxygen atoms in total. The Morgan fingerprint density at radius 1 is 1.28 bits per heavy atom. The normalized spacial score (nSPS) is 16.7. The SMILES string of the molecule is CC.CCC.[B]c1ccc(C(N)C(=O)N2CCCC2C(=O)OC)cc1. The predicted molar refractivity (Wildman–Crippen MR) is 103 cm³/mol. The van der Waals surface area contributed by atoms with Crippen molar-refractivity contribution in [1.29, 1.82) is 0 Å². The lowest BCUT2D eigenvalue weighted by molar-refractivity contribution is -0.151. The molecule has 2 rings (SSSR count). The summed E-state index contributed by atoms with van der Waals surface area (Å²) in [6.07, 6.45) is 2.65. The molecule has 1 aliphatic rings. The number of nitrogens with zero attached hydrogens (tertiary/aromatic N) is 1.